The van der Waals surface area contributed by atoms with Gasteiger partial charge in [0.2, 0.25) is 0 Å². The monoisotopic (exact) mass is 225 g/mol. The van der Waals surface area contributed by atoms with Crippen LogP contribution in [0.2, 0.25) is 0 Å². The molecule has 3 N–H and O–H groups in total. The normalized spacial score (nSPS) is 38.9. The van der Waals surface area contributed by atoms with Crippen molar-refractivity contribution in [2.75, 3.05) is 14.2 Å². The maximum absolute atomic E-state index is 11.9. The number of nitrogens with one attached hydrogen (secondary N) is 1. The van der Waals surface area contributed by atoms with E-state index >= 15 is 0 Å². The Bertz CT molecular complexity index is 240. The topological polar surface area (TPSA) is 88.0 Å². The van der Waals surface area contributed by atoms with E-state index in [2.05, 4.69) is 5.32 Å². The van der Waals surface area contributed by atoms with Crippen molar-refractivity contribution < 1.29 is 23.8 Å². The van der Waals surface area contributed by atoms with Crippen molar-refractivity contribution in [2.24, 2.45) is 0 Å². The molecule has 0 radical (unpaired) electrons. The quantitative estimate of drug-likeness (QED) is 0.562. The van der Waals surface area contributed by atoms with E-state index in [0.29, 0.717) is 0 Å². The average molecular weight is 225 g/mol. The molecule has 0 aliphatic carbocycles. The smallest absolute Gasteiger partial charge is 0.349 e. The molecule has 1 aliphatic rings. The fourth-order valence-electron chi connectivity index (χ4n) is 1.53. The van der Waals surface area contributed by atoms with Crippen molar-refractivity contribution in [2.45, 2.75) is 31.0 Å². The predicted molar refractivity (Wildman–Crippen MR) is 50.0 cm³/mol. The Morgan fingerprint density at radius 3 is 2.00 bits per heavy atom. The summed E-state index contributed by atoms with van der Waals surface area (Å²) in [6.45, 7) is 1.68. The summed E-state index contributed by atoms with van der Waals surface area (Å²) in [5.41, 5.74) is 0. The summed E-state index contributed by atoms with van der Waals surface area (Å²) in [5, 5.41) is 21.8. The van der Waals surface area contributed by atoms with Gasteiger partial charge in [-0.3, -0.25) is 9.88 Å². The molecule has 84 valence electrons. The van der Waals surface area contributed by atoms with Gasteiger partial charge in [-0.15, -0.1) is 0 Å². The van der Waals surface area contributed by atoms with E-state index in [9.17, 15) is 14.8 Å². The van der Waals surface area contributed by atoms with E-state index in [4.69, 9.17) is 9.05 Å². The molecular weight excluding hydrogens is 209 g/mol. The zero-order valence-electron chi connectivity index (χ0n) is 8.38. The molecule has 0 saturated carbocycles. The summed E-state index contributed by atoms with van der Waals surface area (Å²) < 4.78 is 21.4. The predicted octanol–water partition coefficient (Wildman–Crippen LogP) is -0.488. The number of hydrogen-bond acceptors (Lipinski definition) is 6. The summed E-state index contributed by atoms with van der Waals surface area (Å²) >= 11 is 0. The Kier molecular flexibility index (Phi) is 3.69. The molecule has 0 aromatic carbocycles. The van der Waals surface area contributed by atoms with Gasteiger partial charge in [0.15, 0.2) is 0 Å². The van der Waals surface area contributed by atoms with Crippen LogP contribution >= 0.6 is 7.60 Å². The maximum atomic E-state index is 11.9. The largest absolute Gasteiger partial charge is 0.389 e. The first-order chi connectivity index (χ1) is 6.46. The second kappa shape index (κ2) is 4.26. The lowest BCUT2D eigenvalue weighted by Gasteiger charge is -2.23. The van der Waals surface area contributed by atoms with Crippen LogP contribution in [-0.4, -0.2) is 48.5 Å². The van der Waals surface area contributed by atoms with Crippen LogP contribution in [0.5, 0.6) is 0 Å². The number of aliphatic hydroxyl groups excluding tert-OH is 2. The fourth-order valence-corrected chi connectivity index (χ4v) is 3.10. The highest BCUT2D eigenvalue weighted by atomic mass is 31.2. The van der Waals surface area contributed by atoms with Crippen LogP contribution in [0.25, 0.3) is 0 Å². The summed E-state index contributed by atoms with van der Waals surface area (Å²) in [6.07, 6.45) is -2.10. The zero-order chi connectivity index (χ0) is 10.9. The molecule has 0 unspecified atom stereocenters. The van der Waals surface area contributed by atoms with Gasteiger partial charge in [-0.05, 0) is 6.92 Å². The lowest BCUT2D eigenvalue weighted by atomic mass is 10.2. The van der Waals surface area contributed by atoms with Gasteiger partial charge in [-0.1, -0.05) is 0 Å². The van der Waals surface area contributed by atoms with Crippen molar-refractivity contribution in [3.63, 3.8) is 0 Å². The first kappa shape index (κ1) is 12.1. The second-order valence-corrected chi connectivity index (χ2v) is 5.65. The van der Waals surface area contributed by atoms with E-state index in [-0.39, 0.29) is 6.04 Å². The fraction of sp³-hybridized carbons (Fsp3) is 1.00. The van der Waals surface area contributed by atoms with Gasteiger partial charge in [-0.25, -0.2) is 0 Å². The molecule has 1 aliphatic heterocycles. The molecule has 7 heteroatoms. The van der Waals surface area contributed by atoms with Crippen molar-refractivity contribution in [1.82, 2.24) is 5.32 Å². The minimum absolute atomic E-state index is 0.339. The van der Waals surface area contributed by atoms with Crippen molar-refractivity contribution in [1.29, 1.82) is 0 Å². The summed E-state index contributed by atoms with van der Waals surface area (Å²) in [7, 11) is -0.893. The van der Waals surface area contributed by atoms with E-state index in [1.807, 2.05) is 0 Å². The zero-order valence-corrected chi connectivity index (χ0v) is 9.27. The SMILES string of the molecule is COP(=O)(OC)[C@@H]1N[C@@H](C)[C@@H](O)[C@H]1O. The molecule has 4 atom stereocenters. The highest BCUT2D eigenvalue weighted by molar-refractivity contribution is 7.54. The third kappa shape index (κ3) is 1.86. The van der Waals surface area contributed by atoms with E-state index in [0.717, 1.165) is 0 Å². The molecule has 0 spiro atoms. The van der Waals surface area contributed by atoms with E-state index in [1.165, 1.54) is 14.2 Å². The molecule has 6 nitrogen and oxygen atoms in total. The molecule has 1 heterocycles. The van der Waals surface area contributed by atoms with Crippen LogP contribution in [0.1, 0.15) is 6.92 Å². The van der Waals surface area contributed by atoms with Crippen molar-refractivity contribution in [3.05, 3.63) is 0 Å². The van der Waals surface area contributed by atoms with Crippen LogP contribution in [0.15, 0.2) is 0 Å². The minimum Gasteiger partial charge on any atom is -0.389 e. The van der Waals surface area contributed by atoms with Gasteiger partial charge < -0.3 is 19.3 Å². The summed E-state index contributed by atoms with van der Waals surface area (Å²) in [4.78, 5) is 0. The van der Waals surface area contributed by atoms with E-state index < -0.39 is 25.6 Å². The van der Waals surface area contributed by atoms with Gasteiger partial charge in [0.1, 0.15) is 11.9 Å². The van der Waals surface area contributed by atoms with Gasteiger partial charge >= 0.3 is 7.60 Å². The van der Waals surface area contributed by atoms with E-state index in [1.54, 1.807) is 6.92 Å². The van der Waals surface area contributed by atoms with Crippen LogP contribution < -0.4 is 5.32 Å². The van der Waals surface area contributed by atoms with Crippen molar-refractivity contribution >= 4 is 7.60 Å². The Morgan fingerprint density at radius 1 is 1.21 bits per heavy atom. The first-order valence-electron chi connectivity index (χ1n) is 4.29. The van der Waals surface area contributed by atoms with Crippen LogP contribution in [0.3, 0.4) is 0 Å². The Labute approximate surface area is 82.8 Å². The average Bonchev–Trinajstić information content (AvgIpc) is 2.45. The minimum atomic E-state index is -3.38. The highest BCUT2D eigenvalue weighted by Crippen LogP contribution is 2.53. The third-order valence-corrected chi connectivity index (χ3v) is 4.62. The molecule has 1 rings (SSSR count). The van der Waals surface area contributed by atoms with Crippen LogP contribution in [0.4, 0.5) is 0 Å². The second-order valence-electron chi connectivity index (χ2n) is 3.29. The molecule has 0 bridgehead atoms. The lowest BCUT2D eigenvalue weighted by Crippen LogP contribution is -2.33. The molecule has 1 fully saturated rings. The first-order valence-corrected chi connectivity index (χ1v) is 5.91. The van der Waals surface area contributed by atoms with Crippen LogP contribution in [0, 0.1) is 0 Å². The highest BCUT2D eigenvalue weighted by Gasteiger charge is 2.49. The Hall–Kier alpha value is 0.0300. The Balaban J connectivity index is 2.84. The maximum Gasteiger partial charge on any atom is 0.349 e. The van der Waals surface area contributed by atoms with Crippen molar-refractivity contribution in [3.8, 4) is 0 Å². The standard InChI is InChI=1S/C7H16NO5P/c1-4-5(9)6(10)7(8-4)14(11,12-2)13-3/h4-10H,1-3H3/t4-,5+,6+,7-/m0/s1. The van der Waals surface area contributed by atoms with Crippen LogP contribution in [-0.2, 0) is 13.6 Å². The lowest BCUT2D eigenvalue weighted by molar-refractivity contribution is 0.0356. The molecular formula is C7H16NO5P. The number of rotatable bonds is 3. The summed E-state index contributed by atoms with van der Waals surface area (Å²) in [5.74, 6) is -0.873. The molecule has 0 aromatic heterocycles. The van der Waals surface area contributed by atoms with Gasteiger partial charge in [0.25, 0.3) is 0 Å². The Morgan fingerprint density at radius 2 is 1.71 bits per heavy atom. The number of aliphatic hydroxyl groups is 2. The third-order valence-electron chi connectivity index (χ3n) is 2.47. The molecule has 14 heavy (non-hydrogen) atoms. The summed E-state index contributed by atoms with van der Waals surface area (Å²) in [6, 6.07) is -0.339. The van der Waals surface area contributed by atoms with Gasteiger partial charge in [0.05, 0.1) is 6.10 Å². The molecule has 0 amide bonds. The molecule has 0 aromatic rings. The van der Waals surface area contributed by atoms with Gasteiger partial charge in [0, 0.05) is 20.3 Å². The van der Waals surface area contributed by atoms with Gasteiger partial charge in [-0.2, -0.15) is 0 Å². The molecule has 1 saturated heterocycles. The number of hydrogen-bond donors (Lipinski definition) is 3.